The first-order valence-corrected chi connectivity index (χ1v) is 12.5. The van der Waals surface area contributed by atoms with Gasteiger partial charge in [-0.2, -0.15) is 0 Å². The molecule has 0 aromatic heterocycles. The highest BCUT2D eigenvalue weighted by Gasteiger charge is 2.47. The molecule has 1 amide bonds. The highest BCUT2D eigenvalue weighted by molar-refractivity contribution is 8.00. The fourth-order valence-corrected chi connectivity index (χ4v) is 7.81. The summed E-state index contributed by atoms with van der Waals surface area (Å²) < 4.78 is 14.1. The van der Waals surface area contributed by atoms with Crippen molar-refractivity contribution in [2.45, 2.75) is 99.1 Å². The Kier molecular flexibility index (Phi) is 5.84. The topological polar surface area (TPSA) is 76.6 Å². The van der Waals surface area contributed by atoms with Crippen molar-refractivity contribution in [3.63, 3.8) is 0 Å². The van der Waals surface area contributed by atoms with Crippen molar-refractivity contribution < 1.29 is 14.3 Å². The monoisotopic (exact) mass is 426 g/mol. The second-order valence-corrected chi connectivity index (χ2v) is 11.2. The predicted molar refractivity (Wildman–Crippen MR) is 112 cm³/mol. The van der Waals surface area contributed by atoms with Gasteiger partial charge in [0.25, 0.3) is 0 Å². The second-order valence-electron chi connectivity index (χ2n) is 9.85. The smallest absolute Gasteiger partial charge is 0.239 e. The van der Waals surface area contributed by atoms with Crippen LogP contribution in [0.1, 0.15) is 51.9 Å². The van der Waals surface area contributed by atoms with E-state index in [1.807, 2.05) is 16.7 Å². The van der Waals surface area contributed by atoms with Crippen molar-refractivity contribution >= 4 is 17.7 Å². The summed E-state index contributed by atoms with van der Waals surface area (Å²) in [6, 6.07) is 0.891. The molecule has 164 valence electrons. The maximum Gasteiger partial charge on any atom is 0.239 e. The Labute approximate surface area is 177 Å². The maximum atomic E-state index is 14.1. The highest BCUT2D eigenvalue weighted by atomic mass is 32.2. The zero-order valence-electron chi connectivity index (χ0n) is 17.2. The van der Waals surface area contributed by atoms with Gasteiger partial charge in [-0.05, 0) is 50.4 Å². The number of rotatable bonds is 4. The molecular weight excluding hydrogens is 391 g/mol. The third-order valence-corrected chi connectivity index (χ3v) is 9.36. The number of likely N-dealkylation sites (tertiary alicyclic amines) is 1. The molecule has 29 heavy (non-hydrogen) atoms. The number of aliphatic hydroxyl groups is 1. The quantitative estimate of drug-likeness (QED) is 0.541. The Balaban J connectivity index is 1.15. The molecule has 3 heterocycles. The van der Waals surface area contributed by atoms with Gasteiger partial charge in [0.15, 0.2) is 0 Å². The minimum absolute atomic E-state index is 0.134. The molecule has 5 rings (SSSR count). The lowest BCUT2D eigenvalue weighted by molar-refractivity contribution is -0.134. The normalized spacial score (nSPS) is 49.4. The molecule has 2 saturated carbocycles. The minimum atomic E-state index is -0.722. The van der Waals surface area contributed by atoms with Crippen molar-refractivity contribution in [3.05, 3.63) is 0 Å². The van der Waals surface area contributed by atoms with E-state index in [0.717, 1.165) is 45.2 Å². The van der Waals surface area contributed by atoms with E-state index in [-0.39, 0.29) is 29.6 Å². The third kappa shape index (κ3) is 4.07. The number of halogens is 1. The van der Waals surface area contributed by atoms with E-state index in [0.29, 0.717) is 42.0 Å². The molecule has 5 aliphatic rings. The van der Waals surface area contributed by atoms with E-state index in [1.165, 1.54) is 0 Å². The van der Waals surface area contributed by atoms with Crippen molar-refractivity contribution in [2.75, 3.05) is 13.1 Å². The number of hydrogen-bond donors (Lipinski definition) is 4. The second kappa shape index (κ2) is 8.26. The van der Waals surface area contributed by atoms with E-state index < -0.39 is 6.17 Å². The first-order chi connectivity index (χ1) is 14.0. The Bertz CT molecular complexity index is 621. The molecule has 4 N–H and O–H groups in total. The first kappa shape index (κ1) is 20.5. The third-order valence-electron chi connectivity index (χ3n) is 7.98. The van der Waals surface area contributed by atoms with Crippen molar-refractivity contribution in [3.8, 4) is 0 Å². The molecule has 0 spiro atoms. The van der Waals surface area contributed by atoms with Crippen LogP contribution >= 0.6 is 11.8 Å². The summed E-state index contributed by atoms with van der Waals surface area (Å²) in [5, 5.41) is 20.7. The molecule has 8 atom stereocenters. The number of carbonyl (C=O) groups excluding carboxylic acids is 1. The van der Waals surface area contributed by atoms with Crippen molar-refractivity contribution in [1.29, 1.82) is 0 Å². The van der Waals surface area contributed by atoms with Gasteiger partial charge in [0, 0.05) is 36.5 Å². The largest absolute Gasteiger partial charge is 0.393 e. The molecular formula is C21H35FN4O2S. The van der Waals surface area contributed by atoms with Gasteiger partial charge in [-0.3, -0.25) is 15.4 Å². The van der Waals surface area contributed by atoms with Crippen LogP contribution in [0.15, 0.2) is 0 Å². The van der Waals surface area contributed by atoms with E-state index in [9.17, 15) is 14.3 Å². The molecule has 3 saturated heterocycles. The molecule has 0 aromatic rings. The van der Waals surface area contributed by atoms with Gasteiger partial charge in [0.05, 0.1) is 12.1 Å². The van der Waals surface area contributed by atoms with E-state index >= 15 is 0 Å². The average Bonchev–Trinajstić information content (AvgIpc) is 3.28. The molecule has 2 aliphatic carbocycles. The van der Waals surface area contributed by atoms with Crippen LogP contribution in [0.4, 0.5) is 4.39 Å². The minimum Gasteiger partial charge on any atom is -0.393 e. The van der Waals surface area contributed by atoms with Gasteiger partial charge >= 0.3 is 0 Å². The van der Waals surface area contributed by atoms with Gasteiger partial charge in [-0.15, -0.1) is 11.8 Å². The molecule has 0 aromatic carbocycles. The maximum absolute atomic E-state index is 14.1. The van der Waals surface area contributed by atoms with Crippen LogP contribution in [0.5, 0.6) is 0 Å². The number of aliphatic hydroxyl groups excluding tert-OH is 1. The van der Waals surface area contributed by atoms with Crippen LogP contribution in [0, 0.1) is 11.8 Å². The first-order valence-electron chi connectivity index (χ1n) is 11.5. The lowest BCUT2D eigenvalue weighted by Crippen LogP contribution is -2.55. The van der Waals surface area contributed by atoms with E-state index in [1.54, 1.807) is 0 Å². The number of alkyl halides is 1. The zero-order valence-corrected chi connectivity index (χ0v) is 18.0. The summed E-state index contributed by atoms with van der Waals surface area (Å²) in [6.45, 7) is 3.75. The predicted octanol–water partition coefficient (Wildman–Crippen LogP) is 1.19. The highest BCUT2D eigenvalue weighted by Crippen LogP contribution is 2.41. The summed E-state index contributed by atoms with van der Waals surface area (Å²) in [4.78, 5) is 15.3. The SMILES string of the molecule is CCC1CC(F)CC2NC(C(=O)N3CCC4NC(NC5CC(O)C5)SC4C3)CC12. The number of carbonyl (C=O) groups is 1. The number of nitrogens with zero attached hydrogens (tertiary/aromatic N) is 1. The molecule has 5 fully saturated rings. The molecule has 8 heteroatoms. The van der Waals surface area contributed by atoms with Crippen molar-refractivity contribution in [2.24, 2.45) is 11.8 Å². The standard InChI is InChI=1S/C21H35FN4O2S/c1-2-11-5-12(22)6-17-15(11)9-18(24-17)20(28)26-4-3-16-19(10-26)29-21(25-16)23-13-7-14(27)8-13/h11-19,21,23-25,27H,2-10H2,1H3. The van der Waals surface area contributed by atoms with E-state index in [4.69, 9.17) is 0 Å². The Morgan fingerprint density at radius 1 is 1.21 bits per heavy atom. The number of hydrogen-bond acceptors (Lipinski definition) is 6. The van der Waals surface area contributed by atoms with Crippen molar-refractivity contribution in [1.82, 2.24) is 20.9 Å². The summed E-state index contributed by atoms with van der Waals surface area (Å²) in [7, 11) is 0. The molecule has 0 bridgehead atoms. The van der Waals surface area contributed by atoms with Crippen LogP contribution in [0.3, 0.4) is 0 Å². The average molecular weight is 427 g/mol. The number of thioether (sulfide) groups is 1. The molecule has 6 nitrogen and oxygen atoms in total. The molecule has 0 radical (unpaired) electrons. The summed E-state index contributed by atoms with van der Waals surface area (Å²) in [5.41, 5.74) is 0.219. The number of amides is 1. The summed E-state index contributed by atoms with van der Waals surface area (Å²) in [6.07, 6.45) is 4.92. The van der Waals surface area contributed by atoms with Gasteiger partial charge < -0.3 is 15.3 Å². The Hall–Kier alpha value is -0.410. The fourth-order valence-electron chi connectivity index (χ4n) is 6.27. The summed E-state index contributed by atoms with van der Waals surface area (Å²) >= 11 is 1.89. The zero-order chi connectivity index (χ0) is 20.1. The van der Waals surface area contributed by atoms with Crippen LogP contribution < -0.4 is 16.0 Å². The van der Waals surface area contributed by atoms with Gasteiger partial charge in [0.2, 0.25) is 5.91 Å². The number of piperidine rings is 1. The van der Waals surface area contributed by atoms with E-state index in [2.05, 4.69) is 22.9 Å². The number of nitrogens with one attached hydrogen (secondary N) is 3. The Morgan fingerprint density at radius 3 is 2.79 bits per heavy atom. The van der Waals surface area contributed by atoms with Gasteiger partial charge in [-0.1, -0.05) is 13.3 Å². The molecule has 8 unspecified atom stereocenters. The van der Waals surface area contributed by atoms with Crippen LogP contribution in [-0.2, 0) is 4.79 Å². The summed E-state index contributed by atoms with van der Waals surface area (Å²) in [5.74, 6) is 1.08. The van der Waals surface area contributed by atoms with Gasteiger partial charge in [0.1, 0.15) is 11.7 Å². The Morgan fingerprint density at radius 2 is 2.03 bits per heavy atom. The van der Waals surface area contributed by atoms with Gasteiger partial charge in [-0.25, -0.2) is 4.39 Å². The lowest BCUT2D eigenvalue weighted by atomic mass is 9.74. The van der Waals surface area contributed by atoms with Crippen LogP contribution in [0.25, 0.3) is 0 Å². The number of fused-ring (bicyclic) bond motifs is 2. The fraction of sp³-hybridized carbons (Fsp3) is 0.952. The van der Waals surface area contributed by atoms with Crippen LogP contribution in [0.2, 0.25) is 0 Å². The molecule has 3 aliphatic heterocycles. The lowest BCUT2D eigenvalue weighted by Gasteiger charge is -2.35. The van der Waals surface area contributed by atoms with Crippen LogP contribution in [-0.4, -0.2) is 76.2 Å².